The van der Waals surface area contributed by atoms with Gasteiger partial charge in [-0.05, 0) is 6.92 Å². The zero-order chi connectivity index (χ0) is 18.6. The number of aryl methyl sites for hydroxylation is 1. The molecule has 0 bridgehead atoms. The van der Waals surface area contributed by atoms with E-state index in [9.17, 15) is 0 Å². The van der Waals surface area contributed by atoms with Gasteiger partial charge in [0.15, 0.2) is 0 Å². The summed E-state index contributed by atoms with van der Waals surface area (Å²) < 4.78 is 102. The van der Waals surface area contributed by atoms with E-state index < -0.39 is 31.2 Å². The Hall–Kier alpha value is -0.105. The van der Waals surface area contributed by atoms with Crippen molar-refractivity contribution in [2.75, 3.05) is 0 Å². The molecule has 0 aliphatic heterocycles. The van der Waals surface area contributed by atoms with Crippen LogP contribution in [0.1, 0.15) is 5.56 Å². The molecular weight excluding hydrogens is 426 g/mol. The van der Waals surface area contributed by atoms with Gasteiger partial charge in [-0.3, -0.25) is 25.3 Å². The van der Waals surface area contributed by atoms with Crippen LogP contribution in [-0.2, 0) is 31.2 Å². The monoisotopic (exact) mass is 434 g/mol. The molecule has 0 amide bonds. The van der Waals surface area contributed by atoms with Gasteiger partial charge in [0, 0.05) is 31.2 Å². The van der Waals surface area contributed by atoms with Crippen LogP contribution in [0.25, 0.3) is 0 Å². The maximum absolute atomic E-state index is 8.52. The Balaban J connectivity index is -0.0000000661. The molecule has 0 unspecified atom stereocenters. The fraction of sp³-hybridized carbons (Fsp3) is 0.143. The van der Waals surface area contributed by atoms with E-state index in [-0.39, 0.29) is 34.7 Å². The van der Waals surface area contributed by atoms with Crippen molar-refractivity contribution in [3.05, 3.63) is 35.9 Å². The van der Waals surface area contributed by atoms with Crippen molar-refractivity contribution in [1.29, 1.82) is 0 Å². The second-order valence-electron chi connectivity index (χ2n) is 2.88. The predicted octanol–water partition coefficient (Wildman–Crippen LogP) is -2.78. The van der Waals surface area contributed by atoms with Crippen LogP contribution >= 0.6 is 0 Å². The van der Waals surface area contributed by atoms with Crippen molar-refractivity contribution in [3.8, 4) is 0 Å². The van der Waals surface area contributed by atoms with E-state index in [0.717, 1.165) is 0 Å². The molecule has 1 rings (SSSR count). The largest absolute Gasteiger partial charge is 3.00 e. The summed E-state index contributed by atoms with van der Waals surface area (Å²) in [6.07, 6.45) is 0. The van der Waals surface area contributed by atoms with E-state index in [0.29, 0.717) is 0 Å². The molecule has 0 aliphatic carbocycles. The Morgan fingerprint density at radius 1 is 0.583 bits per heavy atom. The SMILES string of the molecule is Cc1ccccc1.O=S(=O)([O-])[O-].O=S(=O)([O-])[O-].O=S(=O)([O-])[O-].[Al+3].[Al+3]. The van der Waals surface area contributed by atoms with Crippen LogP contribution in [-0.4, -0.2) is 87.3 Å². The molecule has 1 aromatic rings. The second-order valence-corrected chi connectivity index (χ2v) is 5.33. The molecule has 0 saturated carbocycles. The fourth-order valence-electron chi connectivity index (χ4n) is 0.534. The van der Waals surface area contributed by atoms with Crippen LogP contribution in [0.15, 0.2) is 30.3 Å². The average molecular weight is 434 g/mol. The van der Waals surface area contributed by atoms with Gasteiger partial charge >= 0.3 is 34.7 Å². The number of benzene rings is 1. The minimum absolute atomic E-state index is 0. The molecule has 0 fully saturated rings. The standard InChI is InChI=1S/C7H8.2Al.3H2O4S/c1-7-5-3-2-4-6-7;;;3*1-5(2,3)4/h2-6H,1H3;;;3*(H2,1,2,3,4)/q;2*+3;;;/p-6. The average Bonchev–Trinajstić information content (AvgIpc) is 2.09. The van der Waals surface area contributed by atoms with Crippen LogP contribution in [0.3, 0.4) is 0 Å². The molecule has 1 aromatic carbocycles. The Kier molecular flexibility index (Phi) is 23.9. The van der Waals surface area contributed by atoms with Gasteiger partial charge in [-0.1, -0.05) is 35.9 Å². The molecule has 132 valence electrons. The molecular formula is C7H8Al2O12S3. The molecule has 24 heavy (non-hydrogen) atoms. The van der Waals surface area contributed by atoms with E-state index in [2.05, 4.69) is 19.1 Å². The minimum atomic E-state index is -5.17. The second kappa shape index (κ2) is 16.4. The molecule has 0 radical (unpaired) electrons. The van der Waals surface area contributed by atoms with Crippen LogP contribution in [0.4, 0.5) is 0 Å². The van der Waals surface area contributed by atoms with Gasteiger partial charge in [0.1, 0.15) is 0 Å². The summed E-state index contributed by atoms with van der Waals surface area (Å²) >= 11 is 0. The van der Waals surface area contributed by atoms with Crippen molar-refractivity contribution in [2.24, 2.45) is 0 Å². The topological polar surface area (TPSA) is 241 Å². The van der Waals surface area contributed by atoms with Crippen LogP contribution < -0.4 is 0 Å². The smallest absolute Gasteiger partial charge is 0.759 e. The molecule has 12 nitrogen and oxygen atoms in total. The van der Waals surface area contributed by atoms with Gasteiger partial charge in [0.25, 0.3) is 0 Å². The maximum atomic E-state index is 8.52. The van der Waals surface area contributed by atoms with E-state index in [1.54, 1.807) is 0 Å². The normalized spacial score (nSPS) is 9.79. The summed E-state index contributed by atoms with van der Waals surface area (Å²) in [5.41, 5.74) is 1.32. The quantitative estimate of drug-likeness (QED) is 0.229. The van der Waals surface area contributed by atoms with Crippen LogP contribution in [0.2, 0.25) is 0 Å². The zero-order valence-electron chi connectivity index (χ0n) is 11.7. The first-order valence-electron chi connectivity index (χ1n) is 4.41. The van der Waals surface area contributed by atoms with Gasteiger partial charge < -0.3 is 27.3 Å². The first kappa shape index (κ1) is 35.1. The maximum Gasteiger partial charge on any atom is 3.00 e. The van der Waals surface area contributed by atoms with Crippen molar-refractivity contribution < 1.29 is 52.6 Å². The van der Waals surface area contributed by atoms with Crippen molar-refractivity contribution >= 4 is 65.9 Å². The third-order valence-electron chi connectivity index (χ3n) is 0.940. The molecule has 0 aliphatic rings. The third-order valence-corrected chi connectivity index (χ3v) is 0.940. The predicted molar refractivity (Wildman–Crippen MR) is 74.1 cm³/mol. The van der Waals surface area contributed by atoms with Crippen molar-refractivity contribution in [1.82, 2.24) is 0 Å². The molecule has 0 aromatic heterocycles. The molecule has 17 heteroatoms. The molecule has 0 heterocycles. The molecule has 0 saturated heterocycles. The van der Waals surface area contributed by atoms with Gasteiger partial charge in [-0.25, -0.2) is 0 Å². The van der Waals surface area contributed by atoms with Crippen LogP contribution in [0.5, 0.6) is 0 Å². The first-order valence-corrected chi connectivity index (χ1v) is 8.41. The Morgan fingerprint density at radius 3 is 0.833 bits per heavy atom. The molecule has 0 spiro atoms. The Bertz CT molecular complexity index is 603. The Labute approximate surface area is 160 Å². The van der Waals surface area contributed by atoms with Gasteiger partial charge in [-0.15, -0.1) is 0 Å². The van der Waals surface area contributed by atoms with E-state index >= 15 is 0 Å². The molecule has 0 atom stereocenters. The van der Waals surface area contributed by atoms with Gasteiger partial charge in [0.2, 0.25) is 0 Å². The summed E-state index contributed by atoms with van der Waals surface area (Å²) in [6, 6.07) is 10.3. The van der Waals surface area contributed by atoms with E-state index in [1.165, 1.54) is 5.56 Å². The van der Waals surface area contributed by atoms with Gasteiger partial charge in [-0.2, -0.15) is 0 Å². The van der Waals surface area contributed by atoms with Crippen molar-refractivity contribution in [3.63, 3.8) is 0 Å². The van der Waals surface area contributed by atoms with Gasteiger partial charge in [0.05, 0.1) is 0 Å². The van der Waals surface area contributed by atoms with E-state index in [4.69, 9.17) is 52.6 Å². The first-order chi connectivity index (χ1) is 9.39. The van der Waals surface area contributed by atoms with E-state index in [1.807, 2.05) is 18.2 Å². The number of hydrogen-bond acceptors (Lipinski definition) is 12. The fourth-order valence-corrected chi connectivity index (χ4v) is 0.534. The number of hydrogen-bond donors (Lipinski definition) is 0. The summed E-state index contributed by atoms with van der Waals surface area (Å²) in [5, 5.41) is 0. The summed E-state index contributed by atoms with van der Waals surface area (Å²) in [6.45, 7) is 2.08. The van der Waals surface area contributed by atoms with Crippen LogP contribution in [0, 0.1) is 6.92 Å². The minimum Gasteiger partial charge on any atom is -0.759 e. The summed E-state index contributed by atoms with van der Waals surface area (Å²) in [4.78, 5) is 0. The zero-order valence-corrected chi connectivity index (χ0v) is 16.4. The summed E-state index contributed by atoms with van der Waals surface area (Å²) in [7, 11) is -15.5. The van der Waals surface area contributed by atoms with Crippen molar-refractivity contribution in [2.45, 2.75) is 6.92 Å². The summed E-state index contributed by atoms with van der Waals surface area (Å²) in [5.74, 6) is 0. The Morgan fingerprint density at radius 2 is 0.750 bits per heavy atom. The third kappa shape index (κ3) is 153. The molecule has 0 N–H and O–H groups in total. The number of rotatable bonds is 0.